The SMILES string of the molecule is Cc1c[c]c(Br)cc1. The lowest BCUT2D eigenvalue weighted by Crippen LogP contribution is -1.67. The van der Waals surface area contributed by atoms with Crippen LogP contribution in [-0.2, 0) is 0 Å². The third kappa shape index (κ3) is 1.34. The van der Waals surface area contributed by atoms with E-state index in [0.717, 1.165) is 4.47 Å². The van der Waals surface area contributed by atoms with Gasteiger partial charge in [0, 0.05) is 4.47 Å². The highest BCUT2D eigenvalue weighted by molar-refractivity contribution is 9.10. The number of halogens is 1. The fourth-order valence-electron chi connectivity index (χ4n) is 0.484. The van der Waals surface area contributed by atoms with Crippen LogP contribution in [0, 0.1) is 13.0 Å². The number of hydrogen-bond donors (Lipinski definition) is 0. The van der Waals surface area contributed by atoms with E-state index in [1.54, 1.807) is 0 Å². The summed E-state index contributed by atoms with van der Waals surface area (Å²) in [5, 5.41) is 0. The Hall–Kier alpha value is -0.300. The van der Waals surface area contributed by atoms with Gasteiger partial charge in [-0.2, -0.15) is 0 Å². The summed E-state index contributed by atoms with van der Waals surface area (Å²) in [7, 11) is 0. The minimum absolute atomic E-state index is 1.02. The fraction of sp³-hybridized carbons (Fsp3) is 0.143. The Bertz CT molecular complexity index is 143. The molecule has 0 spiro atoms. The van der Waals surface area contributed by atoms with E-state index in [2.05, 4.69) is 22.0 Å². The molecule has 0 fully saturated rings. The van der Waals surface area contributed by atoms with Gasteiger partial charge >= 0.3 is 0 Å². The summed E-state index contributed by atoms with van der Waals surface area (Å²) in [6, 6.07) is 8.99. The Labute approximate surface area is 57.7 Å². The van der Waals surface area contributed by atoms with Gasteiger partial charge in [0.25, 0.3) is 0 Å². The minimum atomic E-state index is 1.02. The van der Waals surface area contributed by atoms with Crippen LogP contribution < -0.4 is 0 Å². The molecule has 0 atom stereocenters. The number of rotatable bonds is 0. The maximum absolute atomic E-state index is 3.29. The topological polar surface area (TPSA) is 0 Å². The van der Waals surface area contributed by atoms with Crippen molar-refractivity contribution in [2.75, 3.05) is 0 Å². The van der Waals surface area contributed by atoms with E-state index in [1.807, 2.05) is 25.1 Å². The van der Waals surface area contributed by atoms with Gasteiger partial charge in [0.1, 0.15) is 0 Å². The lowest BCUT2D eigenvalue weighted by molar-refractivity contribution is 1.45. The molecule has 0 aliphatic heterocycles. The van der Waals surface area contributed by atoms with Crippen LogP contribution in [-0.4, -0.2) is 0 Å². The van der Waals surface area contributed by atoms with Crippen molar-refractivity contribution < 1.29 is 0 Å². The van der Waals surface area contributed by atoms with Crippen LogP contribution in [0.25, 0.3) is 0 Å². The van der Waals surface area contributed by atoms with Crippen molar-refractivity contribution >= 4 is 15.9 Å². The monoisotopic (exact) mass is 169 g/mol. The summed E-state index contributed by atoms with van der Waals surface area (Å²) < 4.78 is 1.02. The maximum Gasteiger partial charge on any atom is 0.0254 e. The van der Waals surface area contributed by atoms with E-state index in [9.17, 15) is 0 Å². The zero-order valence-corrected chi connectivity index (χ0v) is 6.20. The largest absolute Gasteiger partial charge is 0.0582 e. The van der Waals surface area contributed by atoms with Crippen molar-refractivity contribution in [1.82, 2.24) is 0 Å². The zero-order chi connectivity index (χ0) is 5.98. The summed E-state index contributed by atoms with van der Waals surface area (Å²) in [4.78, 5) is 0. The predicted molar refractivity (Wildman–Crippen MR) is 37.7 cm³/mol. The Kier molecular flexibility index (Phi) is 1.69. The van der Waals surface area contributed by atoms with Crippen molar-refractivity contribution in [2.45, 2.75) is 6.92 Å². The molecule has 0 aliphatic rings. The van der Waals surface area contributed by atoms with Crippen LogP contribution in [0.4, 0.5) is 0 Å². The first-order valence-electron chi connectivity index (χ1n) is 2.43. The molecule has 0 unspecified atom stereocenters. The first-order chi connectivity index (χ1) is 3.79. The normalized spacial score (nSPS) is 9.25. The van der Waals surface area contributed by atoms with Crippen molar-refractivity contribution in [3.63, 3.8) is 0 Å². The van der Waals surface area contributed by atoms with Crippen LogP contribution in [0.5, 0.6) is 0 Å². The van der Waals surface area contributed by atoms with Gasteiger partial charge in [0.15, 0.2) is 0 Å². The van der Waals surface area contributed by atoms with Crippen LogP contribution in [0.3, 0.4) is 0 Å². The van der Waals surface area contributed by atoms with Crippen LogP contribution in [0.2, 0.25) is 0 Å². The first-order valence-corrected chi connectivity index (χ1v) is 3.22. The van der Waals surface area contributed by atoms with Crippen LogP contribution >= 0.6 is 15.9 Å². The lowest BCUT2D eigenvalue weighted by atomic mass is 10.2. The van der Waals surface area contributed by atoms with Crippen molar-refractivity contribution in [2.24, 2.45) is 0 Å². The molecular formula is C7H6Br. The summed E-state index contributed by atoms with van der Waals surface area (Å²) in [5.41, 5.74) is 1.24. The van der Waals surface area contributed by atoms with E-state index in [4.69, 9.17) is 0 Å². The molecule has 0 N–H and O–H groups in total. The second-order valence-corrected chi connectivity index (χ2v) is 2.57. The number of benzene rings is 1. The summed E-state index contributed by atoms with van der Waals surface area (Å²) in [6.07, 6.45) is 0. The average Bonchev–Trinajstić information content (AvgIpc) is 1.77. The molecule has 0 nitrogen and oxygen atoms in total. The molecule has 0 amide bonds. The third-order valence-corrected chi connectivity index (χ3v) is 1.42. The standard InChI is InChI=1S/C7H6Br/c1-6-2-4-7(8)5-3-6/h2-4H,1H3. The molecule has 8 heavy (non-hydrogen) atoms. The second kappa shape index (κ2) is 2.31. The van der Waals surface area contributed by atoms with Gasteiger partial charge in [0.2, 0.25) is 0 Å². The molecule has 1 radical (unpaired) electrons. The molecule has 1 aromatic carbocycles. The number of hydrogen-bond acceptors (Lipinski definition) is 0. The van der Waals surface area contributed by atoms with E-state index in [-0.39, 0.29) is 0 Å². The Morgan fingerprint density at radius 2 is 2.25 bits per heavy atom. The van der Waals surface area contributed by atoms with Crippen molar-refractivity contribution in [3.05, 3.63) is 34.3 Å². The molecule has 0 aromatic heterocycles. The quantitative estimate of drug-likeness (QED) is 0.561. The van der Waals surface area contributed by atoms with Crippen molar-refractivity contribution in [3.8, 4) is 0 Å². The van der Waals surface area contributed by atoms with Gasteiger partial charge in [-0.05, 0) is 19.1 Å². The van der Waals surface area contributed by atoms with Gasteiger partial charge < -0.3 is 0 Å². The molecule has 0 saturated carbocycles. The van der Waals surface area contributed by atoms with E-state index in [0.29, 0.717) is 0 Å². The average molecular weight is 170 g/mol. The third-order valence-electron chi connectivity index (χ3n) is 0.930. The molecule has 0 bridgehead atoms. The Balaban J connectivity index is 3.03. The lowest BCUT2D eigenvalue weighted by Gasteiger charge is -1.87. The van der Waals surface area contributed by atoms with Gasteiger partial charge in [-0.3, -0.25) is 0 Å². The molecule has 41 valence electrons. The van der Waals surface area contributed by atoms with Gasteiger partial charge in [-0.1, -0.05) is 33.6 Å². The molecule has 1 aromatic rings. The highest BCUT2D eigenvalue weighted by Gasteiger charge is 1.82. The predicted octanol–water partition coefficient (Wildman–Crippen LogP) is 2.56. The zero-order valence-electron chi connectivity index (χ0n) is 4.61. The highest BCUT2D eigenvalue weighted by Crippen LogP contribution is 2.07. The molecule has 1 rings (SSSR count). The summed E-state index contributed by atoms with van der Waals surface area (Å²) in [6.45, 7) is 2.04. The highest BCUT2D eigenvalue weighted by atomic mass is 79.9. The summed E-state index contributed by atoms with van der Waals surface area (Å²) >= 11 is 3.29. The van der Waals surface area contributed by atoms with Gasteiger partial charge in [-0.25, -0.2) is 0 Å². The van der Waals surface area contributed by atoms with E-state index in [1.165, 1.54) is 5.56 Å². The smallest absolute Gasteiger partial charge is 0.0254 e. The summed E-state index contributed by atoms with van der Waals surface area (Å²) in [5.74, 6) is 0. The fourth-order valence-corrected chi connectivity index (χ4v) is 0.730. The number of aryl methyl sites for hydroxylation is 1. The molecular weight excluding hydrogens is 164 g/mol. The Morgan fingerprint density at radius 3 is 2.62 bits per heavy atom. The van der Waals surface area contributed by atoms with Crippen LogP contribution in [0.15, 0.2) is 22.7 Å². The Morgan fingerprint density at radius 1 is 1.50 bits per heavy atom. The van der Waals surface area contributed by atoms with E-state index < -0.39 is 0 Å². The molecule has 0 aliphatic carbocycles. The molecule has 0 saturated heterocycles. The van der Waals surface area contributed by atoms with E-state index >= 15 is 0 Å². The molecule has 1 heteroatoms. The van der Waals surface area contributed by atoms with Gasteiger partial charge in [-0.15, -0.1) is 0 Å². The maximum atomic E-state index is 3.29. The first kappa shape index (κ1) is 5.83. The van der Waals surface area contributed by atoms with Crippen molar-refractivity contribution in [1.29, 1.82) is 0 Å². The molecule has 0 heterocycles. The second-order valence-electron chi connectivity index (χ2n) is 1.71. The van der Waals surface area contributed by atoms with Gasteiger partial charge in [0.05, 0.1) is 0 Å². The minimum Gasteiger partial charge on any atom is -0.0582 e. The van der Waals surface area contributed by atoms with Crippen LogP contribution in [0.1, 0.15) is 5.56 Å².